The molecule has 1 aliphatic rings. The second-order valence-electron chi connectivity index (χ2n) is 17.5. The first-order chi connectivity index (χ1) is 32.8. The summed E-state index contributed by atoms with van der Waals surface area (Å²) < 4.78 is 38.3. The van der Waals surface area contributed by atoms with E-state index in [1.54, 1.807) is 18.2 Å². The molecule has 0 radical (unpaired) electrons. The third kappa shape index (κ3) is 13.6. The fourth-order valence-corrected chi connectivity index (χ4v) is 7.88. The monoisotopic (exact) mass is 1010 g/mol. The van der Waals surface area contributed by atoms with Crippen molar-refractivity contribution in [3.05, 3.63) is 82.0 Å². The number of halogens is 1. The number of aliphatic hydroxyl groups is 1. The molecule has 23 nitrogen and oxygen atoms in total. The number of amides is 4. The lowest BCUT2D eigenvalue weighted by Crippen LogP contribution is -2.57. The number of phenols is 1. The number of likely N-dealkylation sites (N-methyl/N-ethyl adjacent to an activating group) is 1. The number of nitrogens with one attached hydrogen (secondary N) is 4. The van der Waals surface area contributed by atoms with Crippen LogP contribution in [0.4, 0.5) is 5.82 Å². The molecule has 4 amide bonds. The standard InChI is InChI=1S/C45H58ClN11O12S/c1-22-40(60)53-30(44(64)65)16-23-7-12-32(68-14-6-13-47)28(15-23)29-17-25(18-33(36(29)59)69-21-27(58)19-48)35(42(62)52-22)57(5)43(63)31(20-51-70(50,66)67)54-41(61)34-37(46)55-39(56-38(34)49)24-8-10-26(11-9-24)45(2,3)4/h7-12,15,17-18,22,27,30-31,35,51,58-59H,6,13-14,16,19-21,47-48H2,1-5H3,(H,52,62)(H,53,60)(H,54,61)(H,64,65)(H2,49,55,56)(H2,50,66,67)/t22-,27+,30-,31-,35-/m0/s1. The number of hydrogen-bond acceptors (Lipinski definition) is 16. The quantitative estimate of drug-likeness (QED) is 0.0497. The van der Waals surface area contributed by atoms with Crippen molar-refractivity contribution in [3.63, 3.8) is 0 Å². The first-order valence-corrected chi connectivity index (χ1v) is 23.7. The number of fused-ring (bicyclic) bond motifs is 5. The number of aromatic nitrogens is 2. The van der Waals surface area contributed by atoms with E-state index in [0.29, 0.717) is 17.5 Å². The molecule has 4 aromatic rings. The maximum atomic E-state index is 14.8. The van der Waals surface area contributed by atoms with Crippen LogP contribution in [0.5, 0.6) is 17.2 Å². The average molecular weight is 1010 g/mol. The van der Waals surface area contributed by atoms with Crippen LogP contribution < -0.4 is 52.5 Å². The van der Waals surface area contributed by atoms with Crippen LogP contribution in [-0.4, -0.2) is 132 Å². The maximum Gasteiger partial charge on any atom is 0.326 e. The molecule has 2 heterocycles. The van der Waals surface area contributed by atoms with Crippen LogP contribution in [0.2, 0.25) is 5.15 Å². The van der Waals surface area contributed by atoms with Gasteiger partial charge in [-0.3, -0.25) is 19.2 Å². The average Bonchev–Trinajstić information content (AvgIpc) is 3.29. The van der Waals surface area contributed by atoms with Crippen LogP contribution in [0.25, 0.3) is 22.5 Å². The van der Waals surface area contributed by atoms with Crippen LogP contribution >= 0.6 is 11.6 Å². The second kappa shape index (κ2) is 22.8. The Kier molecular flexibility index (Phi) is 17.7. The molecule has 4 bridgehead atoms. The number of rotatable bonds is 17. The Bertz CT molecular complexity index is 2700. The molecule has 5 atom stereocenters. The normalized spacial score (nSPS) is 17.3. The van der Waals surface area contributed by atoms with Gasteiger partial charge in [-0.05, 0) is 66.3 Å². The molecule has 378 valence electrons. The maximum absolute atomic E-state index is 14.8. The number of carboxylic acids is 1. The Labute approximate surface area is 408 Å². The summed E-state index contributed by atoms with van der Waals surface area (Å²) in [7, 11) is -3.43. The molecular formula is C45H58ClN11O12S. The second-order valence-corrected chi connectivity index (χ2v) is 19.2. The van der Waals surface area contributed by atoms with Gasteiger partial charge >= 0.3 is 5.97 Å². The van der Waals surface area contributed by atoms with Gasteiger partial charge in [0.25, 0.3) is 16.1 Å². The number of aromatic hydroxyl groups is 1. The SMILES string of the molecule is C[C@@H]1NC(=O)[C@@H](N(C)C(=O)[C@H](CNS(N)(=O)=O)NC(=O)c2c(N)nc(-c3ccc(C(C)(C)C)cc3)nc2Cl)c2cc(OC[C@H](O)CN)c(O)c(c2)-c2cc(ccc2OCCCN)C[C@@H](C(=O)O)NC1=O. The molecular weight excluding hydrogens is 954 g/mol. The first-order valence-electron chi connectivity index (χ1n) is 21.8. The van der Waals surface area contributed by atoms with Gasteiger partial charge in [0, 0.05) is 43.2 Å². The number of anilines is 1. The smallest absolute Gasteiger partial charge is 0.326 e. The van der Waals surface area contributed by atoms with E-state index in [-0.39, 0.29) is 65.5 Å². The minimum absolute atomic E-state index is 0.0686. The van der Waals surface area contributed by atoms with Gasteiger partial charge in [-0.15, -0.1) is 0 Å². The van der Waals surface area contributed by atoms with E-state index >= 15 is 0 Å². The minimum Gasteiger partial charge on any atom is -0.504 e. The number of aliphatic hydroxyl groups excluding tert-OH is 1. The summed E-state index contributed by atoms with van der Waals surface area (Å²) in [4.78, 5) is 78.9. The Morgan fingerprint density at radius 2 is 1.67 bits per heavy atom. The van der Waals surface area contributed by atoms with Crippen molar-refractivity contribution in [2.45, 2.75) is 76.2 Å². The molecule has 0 fully saturated rings. The largest absolute Gasteiger partial charge is 0.504 e. The molecule has 15 N–H and O–H groups in total. The van der Waals surface area contributed by atoms with Crippen molar-refractivity contribution in [1.82, 2.24) is 35.5 Å². The van der Waals surface area contributed by atoms with Gasteiger partial charge in [-0.2, -0.15) is 13.1 Å². The molecule has 70 heavy (non-hydrogen) atoms. The lowest BCUT2D eigenvalue weighted by atomic mass is 9.87. The van der Waals surface area contributed by atoms with Gasteiger partial charge < -0.3 is 62.8 Å². The molecule has 3 aromatic carbocycles. The number of carbonyl (C=O) groups is 5. The minimum atomic E-state index is -4.55. The third-order valence-electron chi connectivity index (χ3n) is 11.1. The molecule has 0 saturated heterocycles. The number of hydrogen-bond donors (Lipinski definition) is 11. The number of ether oxygens (including phenoxy) is 2. The summed E-state index contributed by atoms with van der Waals surface area (Å²) in [6, 6.07) is 7.57. The molecule has 1 aliphatic heterocycles. The number of benzene rings is 3. The van der Waals surface area contributed by atoms with Gasteiger partial charge in [-0.25, -0.2) is 19.9 Å². The summed E-state index contributed by atoms with van der Waals surface area (Å²) in [5.41, 5.74) is 18.8. The Morgan fingerprint density at radius 1 is 0.986 bits per heavy atom. The van der Waals surface area contributed by atoms with E-state index in [9.17, 15) is 47.7 Å². The Balaban J connectivity index is 1.66. The number of aliphatic carboxylic acids is 1. The van der Waals surface area contributed by atoms with Gasteiger partial charge in [0.2, 0.25) is 17.7 Å². The molecule has 0 unspecified atom stereocenters. The van der Waals surface area contributed by atoms with Crippen molar-refractivity contribution < 1.29 is 57.2 Å². The highest BCUT2D eigenvalue weighted by molar-refractivity contribution is 7.87. The number of phenolic OH excluding ortho intramolecular Hbond substituents is 1. The zero-order valence-corrected chi connectivity index (χ0v) is 40.6. The summed E-state index contributed by atoms with van der Waals surface area (Å²) in [6.45, 7) is 6.10. The van der Waals surface area contributed by atoms with E-state index < -0.39 is 106 Å². The number of nitrogen functional groups attached to an aromatic ring is 1. The van der Waals surface area contributed by atoms with Crippen molar-refractivity contribution in [2.75, 3.05) is 45.6 Å². The number of nitrogens with zero attached hydrogens (tertiary/aromatic N) is 3. The van der Waals surface area contributed by atoms with E-state index in [2.05, 4.69) is 25.9 Å². The predicted molar refractivity (Wildman–Crippen MR) is 258 cm³/mol. The van der Waals surface area contributed by atoms with Gasteiger partial charge in [0.05, 0.1) is 6.61 Å². The molecule has 5 rings (SSSR count). The highest BCUT2D eigenvalue weighted by atomic mass is 35.5. The zero-order valence-electron chi connectivity index (χ0n) is 39.0. The highest BCUT2D eigenvalue weighted by Crippen LogP contribution is 2.45. The molecule has 0 aliphatic carbocycles. The lowest BCUT2D eigenvalue weighted by molar-refractivity contribution is -0.143. The fourth-order valence-electron chi connectivity index (χ4n) is 7.21. The zero-order chi connectivity index (χ0) is 51.8. The van der Waals surface area contributed by atoms with E-state index in [1.165, 1.54) is 31.2 Å². The number of nitrogens with two attached hydrogens (primary N) is 4. The number of carboxylic acid groups (broad SMARTS) is 1. The summed E-state index contributed by atoms with van der Waals surface area (Å²) in [5, 5.41) is 44.5. The topological polar surface area (TPSA) is 380 Å². The van der Waals surface area contributed by atoms with E-state index in [1.807, 2.05) is 37.6 Å². The van der Waals surface area contributed by atoms with Gasteiger partial charge in [0.1, 0.15) is 59.2 Å². The van der Waals surface area contributed by atoms with Crippen LogP contribution in [-0.2, 0) is 41.2 Å². The molecule has 25 heteroatoms. The Morgan fingerprint density at radius 3 is 2.27 bits per heavy atom. The highest BCUT2D eigenvalue weighted by Gasteiger charge is 2.38. The van der Waals surface area contributed by atoms with E-state index in [0.717, 1.165) is 17.5 Å². The van der Waals surface area contributed by atoms with Crippen LogP contribution in [0.3, 0.4) is 0 Å². The van der Waals surface area contributed by atoms with Crippen molar-refractivity contribution >= 4 is 57.2 Å². The molecule has 1 aromatic heterocycles. The summed E-state index contributed by atoms with van der Waals surface area (Å²) in [6.07, 6.45) is -1.10. The van der Waals surface area contributed by atoms with Crippen molar-refractivity contribution in [2.24, 2.45) is 16.6 Å². The van der Waals surface area contributed by atoms with Gasteiger partial charge in [-0.1, -0.05) is 62.7 Å². The number of carbonyl (C=O) groups excluding carboxylic acids is 4. The lowest BCUT2D eigenvalue weighted by Gasteiger charge is -2.33. The van der Waals surface area contributed by atoms with Gasteiger partial charge in [0.15, 0.2) is 17.3 Å². The summed E-state index contributed by atoms with van der Waals surface area (Å²) in [5.74, 6) is -6.76. The van der Waals surface area contributed by atoms with Crippen LogP contribution in [0.1, 0.15) is 67.2 Å². The first kappa shape index (κ1) is 54.3. The fraction of sp³-hybridized carbons (Fsp3) is 0.400. The van der Waals surface area contributed by atoms with E-state index in [4.69, 9.17) is 43.4 Å². The summed E-state index contributed by atoms with van der Waals surface area (Å²) >= 11 is 6.54. The molecule has 0 spiro atoms. The van der Waals surface area contributed by atoms with Crippen LogP contribution in [0, 0.1) is 0 Å². The van der Waals surface area contributed by atoms with Crippen molar-refractivity contribution in [3.8, 4) is 39.8 Å². The predicted octanol–water partition coefficient (Wildman–Crippen LogP) is 0.197. The third-order valence-corrected chi connectivity index (χ3v) is 11.9. The van der Waals surface area contributed by atoms with Crippen molar-refractivity contribution in [1.29, 1.82) is 0 Å². The Hall–Kier alpha value is -6.67. The van der Waals surface area contributed by atoms with Crippen LogP contribution in [0.15, 0.2) is 54.6 Å². The molecule has 0 saturated carbocycles.